The largest absolute Gasteiger partial charge is 0.507 e. The van der Waals surface area contributed by atoms with Crippen molar-refractivity contribution in [1.29, 1.82) is 10.7 Å². The number of rotatable bonds is 3. The molecule has 0 bridgehead atoms. The quantitative estimate of drug-likeness (QED) is 0.500. The number of alkyl halides is 3. The Morgan fingerprint density at radius 1 is 1.43 bits per heavy atom. The SMILES string of the molecule is N#Cc1ccc(O)c(C(=O)NC(=N)NCCC(F)(F)F)c1. The minimum atomic E-state index is -4.36. The summed E-state index contributed by atoms with van der Waals surface area (Å²) in [6.45, 7) is -0.563. The number of phenols is 1. The molecule has 6 nitrogen and oxygen atoms in total. The van der Waals surface area contributed by atoms with E-state index in [1.165, 1.54) is 6.07 Å². The van der Waals surface area contributed by atoms with Gasteiger partial charge < -0.3 is 10.4 Å². The van der Waals surface area contributed by atoms with E-state index in [1.807, 2.05) is 5.32 Å². The Balaban J connectivity index is 2.61. The van der Waals surface area contributed by atoms with Crippen molar-refractivity contribution in [3.63, 3.8) is 0 Å². The van der Waals surface area contributed by atoms with Crippen LogP contribution in [-0.4, -0.2) is 29.7 Å². The summed E-state index contributed by atoms with van der Waals surface area (Å²) in [5, 5.41) is 29.5. The number of nitrogens with one attached hydrogen (secondary N) is 3. The van der Waals surface area contributed by atoms with E-state index >= 15 is 0 Å². The van der Waals surface area contributed by atoms with Crippen LogP contribution < -0.4 is 10.6 Å². The molecule has 21 heavy (non-hydrogen) atoms. The van der Waals surface area contributed by atoms with Gasteiger partial charge in [-0.25, -0.2) is 0 Å². The minimum Gasteiger partial charge on any atom is -0.507 e. The number of halogens is 3. The first-order chi connectivity index (χ1) is 9.73. The number of amides is 1. The third-order valence-corrected chi connectivity index (χ3v) is 2.32. The second kappa shape index (κ2) is 6.60. The molecule has 0 aliphatic heterocycles. The van der Waals surface area contributed by atoms with Crippen LogP contribution in [0.25, 0.3) is 0 Å². The molecule has 0 spiro atoms. The van der Waals surface area contributed by atoms with Crippen LogP contribution in [0.3, 0.4) is 0 Å². The van der Waals surface area contributed by atoms with Crippen LogP contribution in [0.4, 0.5) is 13.2 Å². The summed E-state index contributed by atoms with van der Waals surface area (Å²) >= 11 is 0. The highest BCUT2D eigenvalue weighted by molar-refractivity contribution is 6.06. The maximum Gasteiger partial charge on any atom is 0.390 e. The third kappa shape index (κ3) is 5.40. The van der Waals surface area contributed by atoms with Gasteiger partial charge in [0, 0.05) is 6.54 Å². The van der Waals surface area contributed by atoms with Gasteiger partial charge in [0.25, 0.3) is 5.91 Å². The van der Waals surface area contributed by atoms with Crippen LogP contribution in [0.15, 0.2) is 18.2 Å². The number of guanidine groups is 1. The Bertz CT molecular complexity index is 593. The van der Waals surface area contributed by atoms with Gasteiger partial charge in [-0.05, 0) is 18.2 Å². The Labute approximate surface area is 117 Å². The first-order valence-electron chi connectivity index (χ1n) is 5.66. The molecule has 1 amide bonds. The molecular formula is C12H11F3N4O2. The standard InChI is InChI=1S/C12H11F3N4O2/c13-12(14,15)3-4-18-11(17)19-10(21)8-5-7(6-16)1-2-9(8)20/h1-2,5,20H,3-4H2,(H3,17,18,19,21). The second-order valence-corrected chi connectivity index (χ2v) is 3.96. The van der Waals surface area contributed by atoms with Crippen molar-refractivity contribution in [3.05, 3.63) is 29.3 Å². The molecule has 0 fully saturated rings. The van der Waals surface area contributed by atoms with Crippen LogP contribution in [0, 0.1) is 16.7 Å². The van der Waals surface area contributed by atoms with E-state index in [0.29, 0.717) is 0 Å². The van der Waals surface area contributed by atoms with Gasteiger partial charge in [-0.2, -0.15) is 18.4 Å². The fourth-order valence-corrected chi connectivity index (χ4v) is 1.34. The van der Waals surface area contributed by atoms with Gasteiger partial charge in [0.15, 0.2) is 5.96 Å². The monoisotopic (exact) mass is 300 g/mol. The average Bonchev–Trinajstić information content (AvgIpc) is 2.37. The summed E-state index contributed by atoms with van der Waals surface area (Å²) in [7, 11) is 0. The van der Waals surface area contributed by atoms with Gasteiger partial charge in [0.2, 0.25) is 0 Å². The van der Waals surface area contributed by atoms with E-state index in [-0.39, 0.29) is 11.1 Å². The zero-order valence-corrected chi connectivity index (χ0v) is 10.6. The number of benzene rings is 1. The number of aromatic hydroxyl groups is 1. The fraction of sp³-hybridized carbons (Fsp3) is 0.250. The molecule has 1 aromatic rings. The maximum atomic E-state index is 11.9. The number of phenolic OH excluding ortho intramolecular Hbond substituents is 1. The van der Waals surface area contributed by atoms with Crippen molar-refractivity contribution >= 4 is 11.9 Å². The number of carbonyl (C=O) groups excluding carboxylic acids is 1. The van der Waals surface area contributed by atoms with E-state index < -0.39 is 36.8 Å². The fourth-order valence-electron chi connectivity index (χ4n) is 1.34. The predicted molar refractivity (Wildman–Crippen MR) is 66.7 cm³/mol. The highest BCUT2D eigenvalue weighted by atomic mass is 19.4. The molecule has 1 rings (SSSR count). The molecule has 0 saturated heterocycles. The van der Waals surface area contributed by atoms with Gasteiger partial charge in [0.05, 0.1) is 23.6 Å². The predicted octanol–water partition coefficient (Wildman–Crippen LogP) is 1.47. The van der Waals surface area contributed by atoms with Crippen molar-refractivity contribution in [2.45, 2.75) is 12.6 Å². The maximum absolute atomic E-state index is 11.9. The smallest absolute Gasteiger partial charge is 0.390 e. The van der Waals surface area contributed by atoms with Crippen molar-refractivity contribution in [2.24, 2.45) is 0 Å². The highest BCUT2D eigenvalue weighted by Gasteiger charge is 2.26. The molecule has 112 valence electrons. The summed E-state index contributed by atoms with van der Waals surface area (Å²) < 4.78 is 35.7. The number of hydrogen-bond acceptors (Lipinski definition) is 4. The summed E-state index contributed by atoms with van der Waals surface area (Å²) in [6, 6.07) is 5.30. The molecule has 0 atom stereocenters. The lowest BCUT2D eigenvalue weighted by Crippen LogP contribution is -2.41. The lowest BCUT2D eigenvalue weighted by molar-refractivity contribution is -0.132. The van der Waals surface area contributed by atoms with Crippen molar-refractivity contribution in [1.82, 2.24) is 10.6 Å². The molecule has 0 unspecified atom stereocenters. The highest BCUT2D eigenvalue weighted by Crippen LogP contribution is 2.19. The van der Waals surface area contributed by atoms with Gasteiger partial charge >= 0.3 is 6.18 Å². The molecule has 0 radical (unpaired) electrons. The molecule has 0 aromatic heterocycles. The lowest BCUT2D eigenvalue weighted by atomic mass is 10.1. The first kappa shape index (κ1) is 16.3. The van der Waals surface area contributed by atoms with E-state index in [2.05, 4.69) is 5.32 Å². The molecule has 0 aliphatic rings. The van der Waals surface area contributed by atoms with Gasteiger partial charge in [-0.1, -0.05) is 0 Å². The minimum absolute atomic E-state index is 0.120. The van der Waals surface area contributed by atoms with Crippen LogP contribution in [-0.2, 0) is 0 Å². The Hall–Kier alpha value is -2.76. The van der Waals surface area contributed by atoms with Crippen LogP contribution in [0.1, 0.15) is 22.3 Å². The van der Waals surface area contributed by atoms with Crippen LogP contribution in [0.2, 0.25) is 0 Å². The molecule has 0 aliphatic carbocycles. The zero-order valence-electron chi connectivity index (χ0n) is 10.6. The first-order valence-corrected chi connectivity index (χ1v) is 5.66. The lowest BCUT2D eigenvalue weighted by Gasteiger charge is -2.11. The van der Waals surface area contributed by atoms with Crippen molar-refractivity contribution < 1.29 is 23.1 Å². The molecule has 4 N–H and O–H groups in total. The van der Waals surface area contributed by atoms with E-state index in [4.69, 9.17) is 10.7 Å². The molecular weight excluding hydrogens is 289 g/mol. The summed E-state index contributed by atoms with van der Waals surface area (Å²) in [4.78, 5) is 11.7. The average molecular weight is 300 g/mol. The van der Waals surface area contributed by atoms with Crippen LogP contribution in [0.5, 0.6) is 5.75 Å². The number of hydrogen-bond donors (Lipinski definition) is 4. The second-order valence-electron chi connectivity index (χ2n) is 3.96. The summed E-state index contributed by atoms with van der Waals surface area (Å²) in [5.41, 5.74) is -0.133. The van der Waals surface area contributed by atoms with E-state index in [0.717, 1.165) is 12.1 Å². The van der Waals surface area contributed by atoms with Crippen molar-refractivity contribution in [2.75, 3.05) is 6.54 Å². The van der Waals surface area contributed by atoms with Gasteiger partial charge in [-0.15, -0.1) is 0 Å². The molecule has 1 aromatic carbocycles. The Morgan fingerprint density at radius 3 is 2.67 bits per heavy atom. The topological polar surface area (TPSA) is 109 Å². The Kier molecular flexibility index (Phi) is 5.12. The number of nitriles is 1. The van der Waals surface area contributed by atoms with Crippen molar-refractivity contribution in [3.8, 4) is 11.8 Å². The van der Waals surface area contributed by atoms with Gasteiger partial charge in [-0.3, -0.25) is 15.5 Å². The normalized spacial score (nSPS) is 10.6. The van der Waals surface area contributed by atoms with E-state index in [9.17, 15) is 23.1 Å². The zero-order chi connectivity index (χ0) is 16.0. The number of carbonyl (C=O) groups is 1. The van der Waals surface area contributed by atoms with E-state index in [1.54, 1.807) is 6.07 Å². The summed E-state index contributed by atoms with van der Waals surface area (Å²) in [6.07, 6.45) is -5.52. The number of nitrogens with zero attached hydrogens (tertiary/aromatic N) is 1. The molecule has 0 heterocycles. The third-order valence-electron chi connectivity index (χ3n) is 2.32. The van der Waals surface area contributed by atoms with Crippen LogP contribution >= 0.6 is 0 Å². The Morgan fingerprint density at radius 2 is 2.10 bits per heavy atom. The molecule has 0 saturated carbocycles. The summed E-state index contributed by atoms with van der Waals surface area (Å²) in [5.74, 6) is -1.95. The van der Waals surface area contributed by atoms with Gasteiger partial charge in [0.1, 0.15) is 5.75 Å². The molecule has 9 heteroatoms.